The molecule has 0 atom stereocenters. The molecule has 1 N–H and O–H groups in total. The third-order valence-electron chi connectivity index (χ3n) is 7.09. The number of hydrogen-bond donors (Lipinski definition) is 1. The fourth-order valence-corrected chi connectivity index (χ4v) is 5.49. The van der Waals surface area contributed by atoms with Crippen molar-refractivity contribution in [2.45, 2.75) is 19.3 Å². The van der Waals surface area contributed by atoms with Gasteiger partial charge in [0.1, 0.15) is 0 Å². The third kappa shape index (κ3) is 6.03. The van der Waals surface area contributed by atoms with Crippen LogP contribution in [-0.4, -0.2) is 56.0 Å². The van der Waals surface area contributed by atoms with Gasteiger partial charge in [-0.25, -0.2) is 0 Å². The van der Waals surface area contributed by atoms with Gasteiger partial charge >= 0.3 is 0 Å². The number of carbonyl (C=O) groups is 2. The molecule has 0 spiro atoms. The molecule has 0 aliphatic carbocycles. The fourth-order valence-electron chi connectivity index (χ4n) is 4.96. The molecule has 0 unspecified atom stereocenters. The maximum absolute atomic E-state index is 12.8. The minimum atomic E-state index is -0.126. The van der Waals surface area contributed by atoms with Crippen molar-refractivity contribution >= 4 is 52.1 Å². The Hall–Kier alpha value is -3.22. The van der Waals surface area contributed by atoms with E-state index >= 15 is 0 Å². The van der Waals surface area contributed by atoms with E-state index in [1.54, 1.807) is 18.2 Å². The molecule has 0 bridgehead atoms. The van der Waals surface area contributed by atoms with E-state index in [2.05, 4.69) is 21.2 Å². The first-order valence-corrected chi connectivity index (χ1v) is 13.5. The highest BCUT2D eigenvalue weighted by atomic mass is 35.5. The Bertz CT molecular complexity index is 1250. The summed E-state index contributed by atoms with van der Waals surface area (Å²) in [7, 11) is 0. The van der Waals surface area contributed by atoms with Crippen LogP contribution in [0.2, 0.25) is 10.0 Å². The summed E-state index contributed by atoms with van der Waals surface area (Å²) in [6.07, 6.45) is 2.63. The van der Waals surface area contributed by atoms with Gasteiger partial charge in [0, 0.05) is 71.9 Å². The lowest BCUT2D eigenvalue weighted by atomic mass is 10.1. The van der Waals surface area contributed by atoms with Gasteiger partial charge in [-0.15, -0.1) is 0 Å². The third-order valence-corrected chi connectivity index (χ3v) is 7.80. The van der Waals surface area contributed by atoms with Gasteiger partial charge < -0.3 is 20.0 Å². The number of benzene rings is 3. The number of carbonyl (C=O) groups excluding carboxylic acids is 2. The van der Waals surface area contributed by atoms with Gasteiger partial charge in [-0.3, -0.25) is 9.59 Å². The second-order valence-corrected chi connectivity index (χ2v) is 10.3. The lowest BCUT2D eigenvalue weighted by molar-refractivity contribution is -0.130. The van der Waals surface area contributed by atoms with Crippen LogP contribution >= 0.6 is 23.2 Å². The zero-order valence-corrected chi connectivity index (χ0v) is 22.1. The number of rotatable bonds is 6. The Labute approximate surface area is 227 Å². The van der Waals surface area contributed by atoms with Crippen LogP contribution in [0.5, 0.6) is 0 Å². The van der Waals surface area contributed by atoms with Gasteiger partial charge in [-0.2, -0.15) is 0 Å². The van der Waals surface area contributed by atoms with Gasteiger partial charge in [0.05, 0.1) is 6.42 Å². The van der Waals surface area contributed by atoms with Crippen LogP contribution in [0.4, 0.5) is 17.1 Å². The first kappa shape index (κ1) is 25.4. The Kier molecular flexibility index (Phi) is 7.87. The molecule has 2 aliphatic rings. The van der Waals surface area contributed by atoms with E-state index in [0.29, 0.717) is 34.3 Å². The lowest BCUT2D eigenvalue weighted by Gasteiger charge is -2.36. The highest BCUT2D eigenvalue weighted by Gasteiger charge is 2.23. The first-order chi connectivity index (χ1) is 18.0. The number of nitrogens with one attached hydrogen (secondary N) is 1. The zero-order valence-electron chi connectivity index (χ0n) is 20.6. The molecular formula is C29H30Cl2N4O2. The minimum Gasteiger partial charge on any atom is -0.371 e. The van der Waals surface area contributed by atoms with E-state index in [0.717, 1.165) is 43.2 Å². The van der Waals surface area contributed by atoms with Crippen molar-refractivity contribution in [2.75, 3.05) is 54.4 Å². The maximum atomic E-state index is 12.8. The minimum absolute atomic E-state index is 0.0236. The fraction of sp³-hybridized carbons (Fsp3) is 0.310. The van der Waals surface area contributed by atoms with Crippen molar-refractivity contribution in [1.29, 1.82) is 0 Å². The average Bonchev–Trinajstić information content (AvgIpc) is 3.46. The molecule has 3 aromatic rings. The molecule has 0 aromatic heterocycles. The Balaban J connectivity index is 1.15. The molecule has 8 heteroatoms. The molecule has 2 fully saturated rings. The van der Waals surface area contributed by atoms with Gasteiger partial charge in [-0.05, 0) is 73.0 Å². The highest BCUT2D eigenvalue weighted by Crippen LogP contribution is 2.26. The largest absolute Gasteiger partial charge is 0.371 e. The van der Waals surface area contributed by atoms with E-state index < -0.39 is 0 Å². The summed E-state index contributed by atoms with van der Waals surface area (Å²) in [5.74, 6) is -0.103. The molecule has 5 rings (SSSR count). The van der Waals surface area contributed by atoms with Crippen LogP contribution in [0.1, 0.15) is 28.8 Å². The number of piperazine rings is 1. The number of halogens is 2. The average molecular weight is 537 g/mol. The van der Waals surface area contributed by atoms with Crippen molar-refractivity contribution in [3.8, 4) is 0 Å². The second kappa shape index (κ2) is 11.4. The molecule has 0 radical (unpaired) electrons. The lowest BCUT2D eigenvalue weighted by Crippen LogP contribution is -2.49. The predicted molar refractivity (Wildman–Crippen MR) is 151 cm³/mol. The SMILES string of the molecule is O=C(Nc1cccc(N2CCCC2)c1)c1ccc(N2CCN(C(=O)Cc3c(Cl)cccc3Cl)CC2)cc1. The van der Waals surface area contributed by atoms with E-state index in [4.69, 9.17) is 23.2 Å². The van der Waals surface area contributed by atoms with Crippen molar-refractivity contribution in [1.82, 2.24) is 4.90 Å². The van der Waals surface area contributed by atoms with Crippen LogP contribution in [0, 0.1) is 0 Å². The Morgan fingerprint density at radius 1 is 0.730 bits per heavy atom. The van der Waals surface area contributed by atoms with Gasteiger partial charge in [0.15, 0.2) is 0 Å². The quantitative estimate of drug-likeness (QED) is 0.436. The molecule has 2 amide bonds. The Morgan fingerprint density at radius 2 is 1.35 bits per heavy atom. The van der Waals surface area contributed by atoms with Crippen LogP contribution < -0.4 is 15.1 Å². The summed E-state index contributed by atoms with van der Waals surface area (Å²) in [5, 5.41) is 4.06. The molecule has 2 heterocycles. The molecule has 2 aliphatic heterocycles. The van der Waals surface area contributed by atoms with Gasteiger partial charge in [-0.1, -0.05) is 35.3 Å². The maximum Gasteiger partial charge on any atom is 0.255 e. The molecule has 37 heavy (non-hydrogen) atoms. The van der Waals surface area contributed by atoms with Gasteiger partial charge in [0.2, 0.25) is 5.91 Å². The smallest absolute Gasteiger partial charge is 0.255 e. The second-order valence-electron chi connectivity index (χ2n) is 9.49. The molecule has 2 saturated heterocycles. The molecule has 3 aromatic carbocycles. The van der Waals surface area contributed by atoms with Crippen LogP contribution in [0.3, 0.4) is 0 Å². The summed E-state index contributed by atoms with van der Waals surface area (Å²) < 4.78 is 0. The van der Waals surface area contributed by atoms with Crippen molar-refractivity contribution < 1.29 is 9.59 Å². The van der Waals surface area contributed by atoms with Crippen LogP contribution in [0.25, 0.3) is 0 Å². The standard InChI is InChI=1S/C29H30Cl2N4O2/c30-26-7-4-8-27(31)25(26)20-28(36)35-17-15-34(16-18-35)23-11-9-21(10-12-23)29(37)32-22-5-3-6-24(19-22)33-13-1-2-14-33/h3-12,19H,1-2,13-18,20H2,(H,32,37). The van der Waals surface area contributed by atoms with E-state index in [9.17, 15) is 9.59 Å². The topological polar surface area (TPSA) is 55.9 Å². The number of hydrogen-bond acceptors (Lipinski definition) is 4. The summed E-state index contributed by atoms with van der Waals surface area (Å²) in [5.41, 5.74) is 4.28. The zero-order chi connectivity index (χ0) is 25.8. The van der Waals surface area contributed by atoms with Crippen LogP contribution in [-0.2, 0) is 11.2 Å². The van der Waals surface area contributed by atoms with Crippen LogP contribution in [0.15, 0.2) is 66.7 Å². The van der Waals surface area contributed by atoms with E-state index in [-0.39, 0.29) is 18.2 Å². The number of nitrogens with zero attached hydrogens (tertiary/aromatic N) is 3. The van der Waals surface area contributed by atoms with E-state index in [1.807, 2.05) is 47.4 Å². The Morgan fingerprint density at radius 3 is 2.03 bits per heavy atom. The van der Waals surface area contributed by atoms with Gasteiger partial charge in [0.25, 0.3) is 5.91 Å². The molecule has 0 saturated carbocycles. The summed E-state index contributed by atoms with van der Waals surface area (Å²) in [4.78, 5) is 32.1. The molecule has 6 nitrogen and oxygen atoms in total. The molecule has 192 valence electrons. The van der Waals surface area contributed by atoms with Crippen molar-refractivity contribution in [3.05, 3.63) is 87.9 Å². The summed E-state index contributed by atoms with van der Waals surface area (Å²) >= 11 is 12.5. The normalized spacial score (nSPS) is 15.7. The van der Waals surface area contributed by atoms with Crippen molar-refractivity contribution in [2.24, 2.45) is 0 Å². The number of amides is 2. The predicted octanol–water partition coefficient (Wildman–Crippen LogP) is 5.74. The molecular weight excluding hydrogens is 507 g/mol. The highest BCUT2D eigenvalue weighted by molar-refractivity contribution is 6.36. The summed E-state index contributed by atoms with van der Waals surface area (Å²) in [6.45, 7) is 4.81. The number of anilines is 3. The summed E-state index contributed by atoms with van der Waals surface area (Å²) in [6, 6.07) is 21.0. The first-order valence-electron chi connectivity index (χ1n) is 12.7. The van der Waals surface area contributed by atoms with E-state index in [1.165, 1.54) is 12.8 Å². The monoisotopic (exact) mass is 536 g/mol. The van der Waals surface area contributed by atoms with Crippen molar-refractivity contribution in [3.63, 3.8) is 0 Å².